The molecular weight excluding hydrogens is 808 g/mol. The van der Waals surface area contributed by atoms with E-state index < -0.39 is 115 Å². The third kappa shape index (κ3) is 10.5. The summed E-state index contributed by atoms with van der Waals surface area (Å²) in [7, 11) is 0. The first-order valence-electron chi connectivity index (χ1n) is 22.4. The maximum atomic E-state index is 15.0. The fraction of sp³-hybridized carbons (Fsp3) is 0.756. The molecular formula is C45H68N2O15. The molecule has 5 aliphatic rings. The third-order valence-corrected chi connectivity index (χ3v) is 12.6. The zero-order chi connectivity index (χ0) is 44.8. The maximum Gasteiger partial charge on any atom is 0.327 e. The van der Waals surface area contributed by atoms with Crippen LogP contribution in [0.25, 0.3) is 6.08 Å². The van der Waals surface area contributed by atoms with Crippen molar-refractivity contribution in [2.75, 3.05) is 19.8 Å². The monoisotopic (exact) mass is 876 g/mol. The fourth-order valence-corrected chi connectivity index (χ4v) is 9.45. The molecule has 62 heavy (non-hydrogen) atoms. The number of carbonyl (C=O) groups excluding carboxylic acids is 3. The molecule has 1 amide bonds. The van der Waals surface area contributed by atoms with E-state index in [1.807, 2.05) is 24.3 Å². The van der Waals surface area contributed by atoms with Crippen molar-refractivity contribution in [2.24, 2.45) is 5.41 Å². The Morgan fingerprint density at radius 2 is 1.68 bits per heavy atom. The van der Waals surface area contributed by atoms with E-state index in [0.29, 0.717) is 12.8 Å². The van der Waals surface area contributed by atoms with Crippen LogP contribution in [-0.4, -0.2) is 147 Å². The number of unbranched alkanes of at least 4 members (excludes halogenated alkanes) is 4. The van der Waals surface area contributed by atoms with E-state index in [1.165, 1.54) is 5.06 Å². The van der Waals surface area contributed by atoms with Crippen LogP contribution in [0.3, 0.4) is 0 Å². The minimum absolute atomic E-state index is 0.0442. The zero-order valence-corrected chi connectivity index (χ0v) is 36.7. The van der Waals surface area contributed by atoms with Gasteiger partial charge in [-0.15, -0.1) is 0 Å². The smallest absolute Gasteiger partial charge is 0.327 e. The molecule has 4 saturated heterocycles. The molecule has 1 aromatic rings. The quantitative estimate of drug-likeness (QED) is 0.0770. The van der Waals surface area contributed by atoms with Gasteiger partial charge in [0.2, 0.25) is 5.91 Å². The lowest BCUT2D eigenvalue weighted by molar-refractivity contribution is -0.298. The second kappa shape index (κ2) is 20.8. The van der Waals surface area contributed by atoms with Gasteiger partial charge in [-0.25, -0.2) is 0 Å². The van der Waals surface area contributed by atoms with Crippen LogP contribution in [0.4, 0.5) is 0 Å². The van der Waals surface area contributed by atoms with E-state index in [1.54, 1.807) is 32.9 Å². The first-order valence-corrected chi connectivity index (χ1v) is 22.4. The van der Waals surface area contributed by atoms with Gasteiger partial charge in [0.05, 0.1) is 32.4 Å². The van der Waals surface area contributed by atoms with Gasteiger partial charge in [0.15, 0.2) is 18.1 Å². The topological polar surface area (TPSA) is 232 Å². The molecule has 4 aliphatic heterocycles. The van der Waals surface area contributed by atoms with E-state index in [4.69, 9.17) is 33.3 Å². The Kier molecular flexibility index (Phi) is 16.3. The Balaban J connectivity index is 1.27. The molecule has 17 nitrogen and oxygen atoms in total. The van der Waals surface area contributed by atoms with Gasteiger partial charge in [-0.05, 0) is 51.2 Å². The zero-order valence-electron chi connectivity index (χ0n) is 36.7. The lowest BCUT2D eigenvalue weighted by atomic mass is 9.62. The minimum Gasteiger partial charge on any atom is -0.460 e. The number of rotatable bonds is 21. The van der Waals surface area contributed by atoms with Gasteiger partial charge in [0.1, 0.15) is 59.8 Å². The highest BCUT2D eigenvalue weighted by Gasteiger charge is 2.76. The standard InChI is InChI=1S/C45H68N2O15/c1-6-8-12-20-44(21-13-9-7-2)60-36-30-23-45(42(55)46-29(25-48)18-19-32(50)59-43(3,4)5)38(40(54)57-30)47(62-39(45)37(36)61-44)24-28-16-11-10-15-27(28)17-14-22-56-41-35(53)34(52)33(51)31(26-49)58-41/h10-11,14-17,29-31,33-39,41,48-49,51-53H,6-9,12-13,18-26H2,1-5H3,(H,46,55)/t29-,30+,31+,33-,34-,35+,36-,37-,38-,39+,41-,45-/m0/s1. The van der Waals surface area contributed by atoms with Gasteiger partial charge in [-0.1, -0.05) is 75.9 Å². The van der Waals surface area contributed by atoms with Crippen molar-refractivity contribution in [3.05, 3.63) is 41.5 Å². The van der Waals surface area contributed by atoms with Crippen LogP contribution in [0.2, 0.25) is 0 Å². The van der Waals surface area contributed by atoms with Gasteiger partial charge < -0.3 is 59.3 Å². The predicted octanol–water partition coefficient (Wildman–Crippen LogP) is 2.56. The normalized spacial score (nSPS) is 33.3. The Morgan fingerprint density at radius 3 is 2.34 bits per heavy atom. The molecule has 6 rings (SSSR count). The molecule has 1 aromatic carbocycles. The number of hydroxylamine groups is 2. The summed E-state index contributed by atoms with van der Waals surface area (Å²) < 4.78 is 36.6. The van der Waals surface area contributed by atoms with Crippen molar-refractivity contribution in [1.29, 1.82) is 0 Å². The molecule has 4 heterocycles. The minimum atomic E-state index is -1.58. The number of aliphatic hydroxyl groups excluding tert-OH is 5. The second-order valence-electron chi connectivity index (χ2n) is 18.3. The van der Waals surface area contributed by atoms with E-state index in [2.05, 4.69) is 19.2 Å². The summed E-state index contributed by atoms with van der Waals surface area (Å²) in [5.41, 5.74) is -0.779. The first-order chi connectivity index (χ1) is 29.6. The molecule has 0 spiro atoms. The Bertz CT molecular complexity index is 1690. The average Bonchev–Trinajstić information content (AvgIpc) is 3.79. The maximum absolute atomic E-state index is 15.0. The number of nitrogens with one attached hydrogen (secondary N) is 1. The van der Waals surface area contributed by atoms with E-state index >= 15 is 0 Å². The highest BCUT2D eigenvalue weighted by Crippen LogP contribution is 2.58. The largest absolute Gasteiger partial charge is 0.460 e. The van der Waals surface area contributed by atoms with Crippen LogP contribution in [0.5, 0.6) is 0 Å². The van der Waals surface area contributed by atoms with E-state index in [9.17, 15) is 39.9 Å². The van der Waals surface area contributed by atoms with Crippen LogP contribution in [0.15, 0.2) is 30.3 Å². The fourth-order valence-electron chi connectivity index (χ4n) is 9.45. The SMILES string of the molecule is CCCCCC1(CCCCC)O[C@@H]2[C@H](O1)[C@H]1ON(Cc3ccccc3C=CCO[C@H]3O[C@H](CO)[C@H](O)[C@H](O)[C@H]3O)[C@H]3C(=O)O[C@@H]2C[C@@]13C(=O)N[C@H](CO)CCC(=O)OC(C)(C)C. The summed E-state index contributed by atoms with van der Waals surface area (Å²) in [4.78, 5) is 48.8. The first kappa shape index (κ1) is 48.4. The summed E-state index contributed by atoms with van der Waals surface area (Å²) in [6.45, 7) is 8.49. The van der Waals surface area contributed by atoms with Crippen LogP contribution in [0, 0.1) is 5.41 Å². The molecule has 0 radical (unpaired) electrons. The van der Waals surface area contributed by atoms with Crippen molar-refractivity contribution in [3.8, 4) is 0 Å². The summed E-state index contributed by atoms with van der Waals surface area (Å²) in [6, 6.07) is 5.33. The molecule has 5 fully saturated rings. The molecule has 17 heteroatoms. The number of esters is 2. The lowest BCUT2D eigenvalue weighted by Crippen LogP contribution is -2.70. The molecule has 1 aliphatic carbocycles. The molecule has 1 saturated carbocycles. The molecule has 0 unspecified atom stereocenters. The number of hydrogen-bond donors (Lipinski definition) is 6. The molecule has 348 valence electrons. The van der Waals surface area contributed by atoms with Gasteiger partial charge >= 0.3 is 11.9 Å². The van der Waals surface area contributed by atoms with Crippen molar-refractivity contribution in [2.45, 2.75) is 190 Å². The number of carbonyl (C=O) groups is 3. The van der Waals surface area contributed by atoms with Crippen molar-refractivity contribution < 1.29 is 73.2 Å². The Morgan fingerprint density at radius 1 is 0.984 bits per heavy atom. The number of aliphatic hydroxyl groups is 5. The number of nitrogens with zero attached hydrogens (tertiary/aromatic N) is 1. The van der Waals surface area contributed by atoms with Crippen molar-refractivity contribution >= 4 is 23.9 Å². The Hall–Kier alpha value is -3.07. The Labute approximate surface area is 363 Å². The van der Waals surface area contributed by atoms with Gasteiger partial charge in [-0.2, -0.15) is 5.06 Å². The number of ether oxygens (including phenoxy) is 6. The average molecular weight is 877 g/mol. The predicted molar refractivity (Wildman–Crippen MR) is 221 cm³/mol. The van der Waals surface area contributed by atoms with Crippen molar-refractivity contribution in [1.82, 2.24) is 10.4 Å². The number of fused-ring (bicyclic) bond motifs is 4. The number of amides is 1. The summed E-state index contributed by atoms with van der Waals surface area (Å²) in [6.07, 6.45) is 0.266. The number of benzene rings is 1. The third-order valence-electron chi connectivity index (χ3n) is 12.6. The van der Waals surface area contributed by atoms with E-state index in [0.717, 1.165) is 49.7 Å². The van der Waals surface area contributed by atoms with Crippen LogP contribution < -0.4 is 5.32 Å². The summed E-state index contributed by atoms with van der Waals surface area (Å²) in [5.74, 6) is -2.59. The summed E-state index contributed by atoms with van der Waals surface area (Å²) >= 11 is 0. The molecule has 0 aromatic heterocycles. The molecule has 12 atom stereocenters. The van der Waals surface area contributed by atoms with Gasteiger partial charge in [-0.3, -0.25) is 19.2 Å². The van der Waals surface area contributed by atoms with Gasteiger partial charge in [0, 0.05) is 25.7 Å². The highest BCUT2D eigenvalue weighted by molar-refractivity contribution is 5.94. The van der Waals surface area contributed by atoms with Crippen molar-refractivity contribution in [3.63, 3.8) is 0 Å². The number of hydrogen-bond acceptors (Lipinski definition) is 16. The second-order valence-corrected chi connectivity index (χ2v) is 18.3. The highest BCUT2D eigenvalue weighted by atomic mass is 16.8. The van der Waals surface area contributed by atoms with E-state index in [-0.39, 0.29) is 32.4 Å². The van der Waals surface area contributed by atoms with Crippen LogP contribution in [0.1, 0.15) is 116 Å². The summed E-state index contributed by atoms with van der Waals surface area (Å²) in [5, 5.41) is 55.1. The molecule has 6 N–H and O–H groups in total. The van der Waals surface area contributed by atoms with Gasteiger partial charge in [0.25, 0.3) is 0 Å². The van der Waals surface area contributed by atoms with Crippen LogP contribution in [-0.2, 0) is 54.2 Å². The van der Waals surface area contributed by atoms with Crippen LogP contribution >= 0.6 is 0 Å². The lowest BCUT2D eigenvalue weighted by Gasteiger charge is -2.49. The molecule has 2 bridgehead atoms.